The summed E-state index contributed by atoms with van der Waals surface area (Å²) >= 11 is 1.55. The van der Waals surface area contributed by atoms with Gasteiger partial charge in [-0.15, -0.1) is 11.3 Å². The van der Waals surface area contributed by atoms with Crippen LogP contribution in [-0.2, 0) is 9.84 Å². The zero-order valence-electron chi connectivity index (χ0n) is 22.3. The molecule has 0 amide bonds. The second-order valence-corrected chi connectivity index (χ2v) is 14.4. The van der Waals surface area contributed by atoms with E-state index in [0.29, 0.717) is 30.0 Å². The standard InChI is InChI=1S/C26H36N6O4S2/c1-12(2)13(3)28-26-29-14(4)19(25-31-21-18(37-25)8-9-27-20(21)15-6-7-15)24(32-26)30-17-10-16(11-38(5,35)36)22(33)23(17)34/h8-9,12-13,15-17,22-23,33-34H,6-7,10-11H2,1-5H3,(H2,28,29,30,32)/t13-,16-,17-,22-,23+/m1/s1. The molecule has 2 fully saturated rings. The smallest absolute Gasteiger partial charge is 0.225 e. The average Bonchev–Trinajstić information content (AvgIpc) is 3.53. The van der Waals surface area contributed by atoms with E-state index >= 15 is 0 Å². The molecule has 5 atom stereocenters. The summed E-state index contributed by atoms with van der Waals surface area (Å²) in [5.41, 5.74) is 3.38. The summed E-state index contributed by atoms with van der Waals surface area (Å²) in [6.07, 6.45) is 3.22. The summed E-state index contributed by atoms with van der Waals surface area (Å²) in [7, 11) is -3.32. The minimum atomic E-state index is -3.32. The highest BCUT2D eigenvalue weighted by molar-refractivity contribution is 7.90. The molecule has 3 heterocycles. The summed E-state index contributed by atoms with van der Waals surface area (Å²) in [4.78, 5) is 19.1. The van der Waals surface area contributed by atoms with E-state index in [1.54, 1.807) is 11.3 Å². The molecule has 206 valence electrons. The third-order valence-electron chi connectivity index (χ3n) is 7.60. The summed E-state index contributed by atoms with van der Waals surface area (Å²) in [5, 5.41) is 28.9. The van der Waals surface area contributed by atoms with Gasteiger partial charge in [-0.1, -0.05) is 13.8 Å². The van der Waals surface area contributed by atoms with Crippen LogP contribution in [0.25, 0.3) is 20.8 Å². The van der Waals surface area contributed by atoms with E-state index in [0.717, 1.165) is 51.3 Å². The third kappa shape index (κ3) is 5.63. The van der Waals surface area contributed by atoms with Gasteiger partial charge < -0.3 is 20.8 Å². The number of thiazole rings is 1. The fraction of sp³-hybridized carbons (Fsp3) is 0.615. The van der Waals surface area contributed by atoms with Crippen LogP contribution in [0.4, 0.5) is 11.8 Å². The van der Waals surface area contributed by atoms with E-state index in [-0.39, 0.29) is 11.8 Å². The predicted octanol–water partition coefficient (Wildman–Crippen LogP) is 3.36. The molecule has 12 heteroatoms. The quantitative estimate of drug-likeness (QED) is 0.307. The van der Waals surface area contributed by atoms with Crippen LogP contribution in [0.15, 0.2) is 12.3 Å². The zero-order chi connectivity index (χ0) is 27.4. The topological polar surface area (TPSA) is 150 Å². The molecule has 2 aliphatic rings. The molecule has 0 radical (unpaired) electrons. The molecule has 0 bridgehead atoms. The fourth-order valence-electron chi connectivity index (χ4n) is 5.00. The Kier molecular flexibility index (Phi) is 7.36. The molecule has 0 aromatic carbocycles. The molecular weight excluding hydrogens is 524 g/mol. The molecular formula is C26H36N6O4S2. The van der Waals surface area contributed by atoms with Gasteiger partial charge in [0.1, 0.15) is 32.3 Å². The first kappa shape index (κ1) is 27.2. The number of aromatic nitrogens is 4. The highest BCUT2D eigenvalue weighted by Crippen LogP contribution is 2.44. The predicted molar refractivity (Wildman–Crippen MR) is 150 cm³/mol. The van der Waals surface area contributed by atoms with Crippen molar-refractivity contribution < 1.29 is 18.6 Å². The number of aliphatic hydroxyl groups is 2. The normalized spacial score (nSPS) is 24.7. The number of anilines is 2. The minimum absolute atomic E-state index is 0.126. The monoisotopic (exact) mass is 560 g/mol. The Hall–Kier alpha value is -2.41. The van der Waals surface area contributed by atoms with Crippen LogP contribution in [0.2, 0.25) is 0 Å². The number of hydrogen-bond acceptors (Lipinski definition) is 11. The van der Waals surface area contributed by atoms with Crippen molar-refractivity contribution >= 4 is 43.2 Å². The van der Waals surface area contributed by atoms with Crippen molar-refractivity contribution in [3.05, 3.63) is 23.7 Å². The first-order valence-electron chi connectivity index (χ1n) is 13.1. The van der Waals surface area contributed by atoms with E-state index < -0.39 is 34.0 Å². The van der Waals surface area contributed by atoms with E-state index in [1.807, 2.05) is 19.2 Å². The second-order valence-electron chi connectivity index (χ2n) is 11.2. The van der Waals surface area contributed by atoms with Crippen molar-refractivity contribution in [1.82, 2.24) is 19.9 Å². The summed E-state index contributed by atoms with van der Waals surface area (Å²) in [6.45, 7) is 8.20. The van der Waals surface area contributed by atoms with Gasteiger partial charge in [-0.3, -0.25) is 4.98 Å². The van der Waals surface area contributed by atoms with Crippen molar-refractivity contribution in [2.45, 2.75) is 77.2 Å². The lowest BCUT2D eigenvalue weighted by atomic mass is 10.1. The lowest BCUT2D eigenvalue weighted by molar-refractivity contribution is 0.0216. The number of hydrogen-bond donors (Lipinski definition) is 4. The lowest BCUT2D eigenvalue weighted by Crippen LogP contribution is -2.36. The first-order valence-corrected chi connectivity index (χ1v) is 16.0. The maximum Gasteiger partial charge on any atom is 0.225 e. The number of nitrogens with zero attached hydrogens (tertiary/aromatic N) is 4. The van der Waals surface area contributed by atoms with Gasteiger partial charge in [0, 0.05) is 30.3 Å². The van der Waals surface area contributed by atoms with Crippen LogP contribution in [-0.4, -0.2) is 74.9 Å². The highest BCUT2D eigenvalue weighted by Gasteiger charge is 2.43. The van der Waals surface area contributed by atoms with Gasteiger partial charge in [-0.05, 0) is 45.1 Å². The minimum Gasteiger partial charge on any atom is -0.390 e. The number of pyridine rings is 1. The first-order chi connectivity index (χ1) is 17.9. The van der Waals surface area contributed by atoms with Gasteiger partial charge in [-0.2, -0.15) is 4.98 Å². The Labute approximate surface area is 227 Å². The Morgan fingerprint density at radius 2 is 1.87 bits per heavy atom. The Bertz CT molecular complexity index is 1440. The molecule has 0 spiro atoms. The second kappa shape index (κ2) is 10.3. The number of nitrogens with one attached hydrogen (secondary N) is 2. The summed E-state index contributed by atoms with van der Waals surface area (Å²) < 4.78 is 24.8. The van der Waals surface area contributed by atoms with Crippen molar-refractivity contribution in [1.29, 1.82) is 0 Å². The Morgan fingerprint density at radius 1 is 1.13 bits per heavy atom. The summed E-state index contributed by atoms with van der Waals surface area (Å²) in [6, 6.07) is 1.51. The van der Waals surface area contributed by atoms with Crippen molar-refractivity contribution in [3.8, 4) is 10.6 Å². The van der Waals surface area contributed by atoms with Gasteiger partial charge >= 0.3 is 0 Å². The lowest BCUT2D eigenvalue weighted by Gasteiger charge is -2.23. The molecule has 2 saturated carbocycles. The van der Waals surface area contributed by atoms with E-state index in [1.165, 1.54) is 0 Å². The molecule has 10 nitrogen and oxygen atoms in total. The van der Waals surface area contributed by atoms with Gasteiger partial charge in [0.25, 0.3) is 0 Å². The maximum atomic E-state index is 11.9. The molecule has 0 aliphatic heterocycles. The van der Waals surface area contributed by atoms with Crippen LogP contribution in [0.5, 0.6) is 0 Å². The van der Waals surface area contributed by atoms with Crippen molar-refractivity contribution in [2.75, 3.05) is 22.6 Å². The molecule has 0 saturated heterocycles. The van der Waals surface area contributed by atoms with Crippen LogP contribution in [0, 0.1) is 18.8 Å². The zero-order valence-corrected chi connectivity index (χ0v) is 24.0. The van der Waals surface area contributed by atoms with Gasteiger partial charge in [-0.25, -0.2) is 18.4 Å². The Morgan fingerprint density at radius 3 is 2.53 bits per heavy atom. The van der Waals surface area contributed by atoms with Gasteiger partial charge in [0.05, 0.1) is 39.5 Å². The molecule has 38 heavy (non-hydrogen) atoms. The molecule has 2 aliphatic carbocycles. The number of rotatable bonds is 9. The molecule has 0 unspecified atom stereocenters. The van der Waals surface area contributed by atoms with Crippen LogP contribution in [0.1, 0.15) is 57.3 Å². The average molecular weight is 561 g/mol. The largest absolute Gasteiger partial charge is 0.390 e. The van der Waals surface area contributed by atoms with Crippen LogP contribution < -0.4 is 10.6 Å². The van der Waals surface area contributed by atoms with E-state index in [2.05, 4.69) is 36.4 Å². The maximum absolute atomic E-state index is 11.9. The number of aryl methyl sites for hydroxylation is 1. The van der Waals surface area contributed by atoms with Crippen molar-refractivity contribution in [2.24, 2.45) is 11.8 Å². The molecule has 3 aromatic rings. The number of sulfone groups is 1. The molecule has 4 N–H and O–H groups in total. The third-order valence-corrected chi connectivity index (χ3v) is 9.67. The van der Waals surface area contributed by atoms with E-state index in [4.69, 9.17) is 15.0 Å². The Balaban J connectivity index is 1.55. The molecule has 3 aromatic heterocycles. The van der Waals surface area contributed by atoms with Gasteiger partial charge in [0.15, 0.2) is 0 Å². The number of aliphatic hydroxyl groups excluding tert-OH is 2. The van der Waals surface area contributed by atoms with Crippen molar-refractivity contribution in [3.63, 3.8) is 0 Å². The van der Waals surface area contributed by atoms with Crippen LogP contribution >= 0.6 is 11.3 Å². The molecule has 5 rings (SSSR count). The van der Waals surface area contributed by atoms with Gasteiger partial charge in [0.2, 0.25) is 5.95 Å². The highest BCUT2D eigenvalue weighted by atomic mass is 32.2. The SMILES string of the molecule is Cc1nc(N[C@H](C)C(C)C)nc(N[C@@H]2C[C@H](CS(C)(=O)=O)[C@@H](O)[C@H]2O)c1-c1nc2c(C3CC3)nccc2s1. The summed E-state index contributed by atoms with van der Waals surface area (Å²) in [5.74, 6) is 0.999. The fourth-order valence-corrected chi connectivity index (χ4v) is 7.18. The number of fused-ring (bicyclic) bond motifs is 1. The van der Waals surface area contributed by atoms with Crippen LogP contribution in [0.3, 0.4) is 0 Å². The van der Waals surface area contributed by atoms with E-state index in [9.17, 15) is 18.6 Å².